The highest BCUT2D eigenvalue weighted by Crippen LogP contribution is 2.12. The predicted octanol–water partition coefficient (Wildman–Crippen LogP) is -0.412. The van der Waals surface area contributed by atoms with Gasteiger partial charge in [0, 0.05) is 51.9 Å². The van der Waals surface area contributed by atoms with Crippen molar-refractivity contribution in [1.29, 1.82) is 0 Å². The molecule has 1 rings (SSSR count). The molecule has 19 nitrogen and oxygen atoms in total. The van der Waals surface area contributed by atoms with E-state index >= 15 is 0 Å². The molecule has 0 spiro atoms. The Bertz CT molecular complexity index is 1350. The van der Waals surface area contributed by atoms with Gasteiger partial charge in [-0.3, -0.25) is 38.4 Å². The quantitative estimate of drug-likeness (QED) is 0.0377. The van der Waals surface area contributed by atoms with Crippen LogP contribution in [0.1, 0.15) is 143 Å². The molecule has 60 heavy (non-hydrogen) atoms. The van der Waals surface area contributed by atoms with E-state index in [4.69, 9.17) is 0 Å². The number of carbonyl (C=O) groups excluding carboxylic acids is 8. The second-order valence-electron chi connectivity index (χ2n) is 15.9. The van der Waals surface area contributed by atoms with Crippen LogP contribution < -0.4 is 42.5 Å². The smallest absolute Gasteiger partial charge is 0.243 e. The van der Waals surface area contributed by atoms with Crippen LogP contribution in [0.5, 0.6) is 0 Å². The van der Waals surface area contributed by atoms with E-state index in [-0.39, 0.29) is 76.9 Å². The Morgan fingerprint density at radius 2 is 0.950 bits per heavy atom. The van der Waals surface area contributed by atoms with Crippen LogP contribution in [0.3, 0.4) is 0 Å². The zero-order valence-electron chi connectivity index (χ0n) is 36.2. The van der Waals surface area contributed by atoms with Crippen molar-refractivity contribution in [1.82, 2.24) is 42.5 Å². The topological polar surface area (TPSA) is 293 Å². The number of hydrogen-bond donors (Lipinski definition) is 11. The highest BCUT2D eigenvalue weighted by Gasteiger charge is 2.33. The van der Waals surface area contributed by atoms with E-state index in [0.717, 1.165) is 25.7 Å². The van der Waals surface area contributed by atoms with Gasteiger partial charge in [0.15, 0.2) is 0 Å². The van der Waals surface area contributed by atoms with Crippen LogP contribution >= 0.6 is 0 Å². The van der Waals surface area contributed by atoms with Gasteiger partial charge < -0.3 is 57.9 Å². The average Bonchev–Trinajstić information content (AvgIpc) is 3.64. The lowest BCUT2D eigenvalue weighted by Crippen LogP contribution is -2.58. The number of carbonyl (C=O) groups is 8. The molecule has 344 valence electrons. The van der Waals surface area contributed by atoms with Crippen LogP contribution in [-0.4, -0.2) is 131 Å². The number of aliphatic hydroxyl groups excluding tert-OH is 3. The maximum atomic E-state index is 14.0. The molecule has 0 aromatic heterocycles. The summed E-state index contributed by atoms with van der Waals surface area (Å²) in [6, 6.07) is -5.00. The monoisotopic (exact) mass is 855 g/mol. The number of aliphatic hydroxyl groups is 3. The van der Waals surface area contributed by atoms with Crippen molar-refractivity contribution in [3.63, 3.8) is 0 Å². The molecule has 1 aliphatic rings. The predicted molar refractivity (Wildman–Crippen MR) is 224 cm³/mol. The lowest BCUT2D eigenvalue weighted by molar-refractivity contribution is -0.135. The second-order valence-corrected chi connectivity index (χ2v) is 15.9. The third-order valence-electron chi connectivity index (χ3n) is 9.80. The first-order valence-corrected chi connectivity index (χ1v) is 21.8. The summed E-state index contributed by atoms with van der Waals surface area (Å²) in [5.41, 5.74) is 0. The summed E-state index contributed by atoms with van der Waals surface area (Å²) in [6.45, 7) is 6.83. The van der Waals surface area contributed by atoms with E-state index in [0.29, 0.717) is 13.0 Å². The van der Waals surface area contributed by atoms with Crippen molar-refractivity contribution >= 4 is 47.3 Å². The SMILES string of the molecule is CCCCCCCCCCCCNC(=O)[C@H](CCC(=O)NCC(C)O)NC(=O)[C@H](CCC(=O)NCC(C)O)NC(=O)[C@H](CCC(=O)NCC(C)O)NC(=O)[C@@H]1CCC(=O)N1. The second kappa shape index (κ2) is 31.5. The Morgan fingerprint density at radius 3 is 1.33 bits per heavy atom. The van der Waals surface area contributed by atoms with Crippen molar-refractivity contribution in [2.75, 3.05) is 26.2 Å². The fourth-order valence-corrected chi connectivity index (χ4v) is 6.26. The molecule has 0 bridgehead atoms. The number of nitrogens with one attached hydrogen (secondary N) is 8. The number of unbranched alkanes of at least 4 members (excludes halogenated alkanes) is 9. The first-order chi connectivity index (χ1) is 28.5. The van der Waals surface area contributed by atoms with Gasteiger partial charge in [-0.1, -0.05) is 64.7 Å². The Hall–Kier alpha value is -4.36. The molecule has 8 amide bonds. The van der Waals surface area contributed by atoms with Crippen molar-refractivity contribution in [2.45, 2.75) is 186 Å². The summed E-state index contributed by atoms with van der Waals surface area (Å²) in [4.78, 5) is 104. The van der Waals surface area contributed by atoms with Crippen LogP contribution in [0.2, 0.25) is 0 Å². The third kappa shape index (κ3) is 26.0. The average molecular weight is 855 g/mol. The van der Waals surface area contributed by atoms with Crippen LogP contribution in [0.25, 0.3) is 0 Å². The van der Waals surface area contributed by atoms with E-state index in [1.165, 1.54) is 52.9 Å². The lowest BCUT2D eigenvalue weighted by Gasteiger charge is -2.26. The fraction of sp³-hybridized carbons (Fsp3) is 0.805. The van der Waals surface area contributed by atoms with Crippen molar-refractivity contribution in [2.24, 2.45) is 0 Å². The maximum absolute atomic E-state index is 14.0. The molecular formula is C41H74N8O11. The molecule has 1 fully saturated rings. The molecule has 0 aliphatic carbocycles. The first kappa shape index (κ1) is 53.7. The van der Waals surface area contributed by atoms with Gasteiger partial charge in [-0.05, 0) is 52.9 Å². The minimum Gasteiger partial charge on any atom is -0.392 e. The Balaban J connectivity index is 3.18. The highest BCUT2D eigenvalue weighted by atomic mass is 16.3. The Morgan fingerprint density at radius 1 is 0.567 bits per heavy atom. The first-order valence-electron chi connectivity index (χ1n) is 21.8. The summed E-state index contributed by atoms with van der Waals surface area (Å²) in [6.07, 6.45) is 7.41. The standard InChI is InChI=1S/C41H74N8O11/c1-5-6-7-8-9-10-11-12-13-14-23-42-38(57)30(15-19-34(53)43-24-27(2)50)47-40(59)32(16-20-35(54)44-25-28(3)51)49-41(60)33(17-21-36(55)45-26-29(4)52)48-39(58)31-18-22-37(56)46-31/h27-33,50-52H,5-26H2,1-4H3,(H,42,57)(H,43,53)(H,44,54)(H,45,55)(H,46,56)(H,47,59)(H,48,58)(H,49,60)/t27?,28?,29?,30-,31-,32-,33-/m0/s1. The van der Waals surface area contributed by atoms with Crippen LogP contribution in [0.15, 0.2) is 0 Å². The molecule has 19 heteroatoms. The molecule has 1 aliphatic heterocycles. The lowest BCUT2D eigenvalue weighted by atomic mass is 10.0. The summed E-state index contributed by atoms with van der Waals surface area (Å²) in [7, 11) is 0. The molecule has 0 radical (unpaired) electrons. The number of hydrogen-bond acceptors (Lipinski definition) is 11. The molecule has 3 unspecified atom stereocenters. The van der Waals surface area contributed by atoms with E-state index < -0.39 is 83.8 Å². The summed E-state index contributed by atoms with van der Waals surface area (Å²) in [5, 5.41) is 49.4. The molecular weight excluding hydrogens is 780 g/mol. The zero-order chi connectivity index (χ0) is 44.9. The third-order valence-corrected chi connectivity index (χ3v) is 9.80. The number of rotatable bonds is 33. The Kier molecular flexibility index (Phi) is 28.2. The summed E-state index contributed by atoms with van der Waals surface area (Å²) in [5.74, 6) is -4.87. The molecule has 0 aromatic rings. The zero-order valence-corrected chi connectivity index (χ0v) is 36.2. The highest BCUT2D eigenvalue weighted by molar-refractivity contribution is 5.97. The normalized spacial score (nSPS) is 16.5. The van der Waals surface area contributed by atoms with E-state index in [9.17, 15) is 53.7 Å². The molecule has 0 saturated carbocycles. The van der Waals surface area contributed by atoms with Crippen molar-refractivity contribution < 1.29 is 53.7 Å². The molecule has 0 aromatic carbocycles. The van der Waals surface area contributed by atoms with Gasteiger partial charge in [0.2, 0.25) is 47.3 Å². The van der Waals surface area contributed by atoms with Gasteiger partial charge in [0.25, 0.3) is 0 Å². The molecule has 7 atom stereocenters. The van der Waals surface area contributed by atoms with Crippen molar-refractivity contribution in [3.05, 3.63) is 0 Å². The van der Waals surface area contributed by atoms with Crippen LogP contribution in [-0.2, 0) is 38.4 Å². The minimum atomic E-state index is -1.45. The molecule has 1 heterocycles. The molecule has 1 saturated heterocycles. The van der Waals surface area contributed by atoms with E-state index in [1.54, 1.807) is 0 Å². The van der Waals surface area contributed by atoms with Gasteiger partial charge in [0.05, 0.1) is 18.3 Å². The van der Waals surface area contributed by atoms with Crippen LogP contribution in [0, 0.1) is 0 Å². The van der Waals surface area contributed by atoms with E-state index in [2.05, 4.69) is 49.5 Å². The largest absolute Gasteiger partial charge is 0.392 e. The maximum Gasteiger partial charge on any atom is 0.243 e. The number of amides is 8. The minimum absolute atomic E-state index is 0.0148. The van der Waals surface area contributed by atoms with Crippen LogP contribution in [0.4, 0.5) is 0 Å². The fourth-order valence-electron chi connectivity index (χ4n) is 6.26. The van der Waals surface area contributed by atoms with Gasteiger partial charge in [-0.2, -0.15) is 0 Å². The van der Waals surface area contributed by atoms with Gasteiger partial charge in [-0.15, -0.1) is 0 Å². The van der Waals surface area contributed by atoms with Gasteiger partial charge in [-0.25, -0.2) is 0 Å². The van der Waals surface area contributed by atoms with E-state index in [1.807, 2.05) is 0 Å². The van der Waals surface area contributed by atoms with Gasteiger partial charge >= 0.3 is 0 Å². The van der Waals surface area contributed by atoms with Crippen molar-refractivity contribution in [3.8, 4) is 0 Å². The molecule has 11 N–H and O–H groups in total. The summed E-state index contributed by atoms with van der Waals surface area (Å²) >= 11 is 0. The summed E-state index contributed by atoms with van der Waals surface area (Å²) < 4.78 is 0. The van der Waals surface area contributed by atoms with Gasteiger partial charge in [0.1, 0.15) is 24.2 Å². The Labute approximate surface area is 354 Å².